The summed E-state index contributed by atoms with van der Waals surface area (Å²) in [6.07, 6.45) is 0. The van der Waals surface area contributed by atoms with E-state index in [0.29, 0.717) is 16.3 Å². The Hall–Kier alpha value is -1.33. The topological polar surface area (TPSA) is 64.3 Å². The quantitative estimate of drug-likeness (QED) is 0.771. The van der Waals surface area contributed by atoms with Gasteiger partial charge in [-0.2, -0.15) is 0 Å². The normalized spacial score (nSPS) is 9.47. The lowest BCUT2D eigenvalue weighted by Crippen LogP contribution is -2.34. The number of hydrogen-bond acceptors (Lipinski definition) is 3. The number of nitrogens with two attached hydrogens (primary N) is 1. The van der Waals surface area contributed by atoms with Crippen LogP contribution in [0.2, 0.25) is 5.02 Å². The van der Waals surface area contributed by atoms with Crippen LogP contribution in [0.25, 0.3) is 0 Å². The predicted octanol–water partition coefficient (Wildman–Crippen LogP) is 1.32. The predicted molar refractivity (Wildman–Crippen MR) is 62.3 cm³/mol. The number of hydrogen-bond donors (Lipinski definition) is 2. The minimum Gasteiger partial charge on any atom is -0.495 e. The van der Waals surface area contributed by atoms with Crippen molar-refractivity contribution in [2.45, 2.75) is 0 Å². The van der Waals surface area contributed by atoms with E-state index in [1.54, 1.807) is 12.1 Å². The maximum atomic E-state index is 11.4. The lowest BCUT2D eigenvalue weighted by molar-refractivity contribution is 0.0977. The van der Waals surface area contributed by atoms with Gasteiger partial charge in [0.15, 0.2) is 5.11 Å². The molecule has 80 valence electrons. The van der Waals surface area contributed by atoms with Gasteiger partial charge >= 0.3 is 0 Å². The van der Waals surface area contributed by atoms with Crippen LogP contribution in [0.4, 0.5) is 0 Å². The molecule has 0 saturated heterocycles. The van der Waals surface area contributed by atoms with Gasteiger partial charge in [-0.25, -0.2) is 0 Å². The second-order valence-corrected chi connectivity index (χ2v) is 3.51. The molecule has 15 heavy (non-hydrogen) atoms. The monoisotopic (exact) mass is 244 g/mol. The first-order chi connectivity index (χ1) is 7.04. The zero-order chi connectivity index (χ0) is 11.4. The standard InChI is InChI=1S/C9H9ClN2O2S/c1-14-7-3-2-5(4-6(7)10)8(13)12-9(11)15/h2-4H,1H3,(H3,11,12,13,15). The molecule has 0 radical (unpaired) electrons. The fourth-order valence-electron chi connectivity index (χ4n) is 0.992. The van der Waals surface area contributed by atoms with Gasteiger partial charge in [0.1, 0.15) is 5.75 Å². The van der Waals surface area contributed by atoms with E-state index in [2.05, 4.69) is 17.5 Å². The first-order valence-electron chi connectivity index (χ1n) is 3.99. The molecule has 0 spiro atoms. The minimum absolute atomic E-state index is 0.0769. The summed E-state index contributed by atoms with van der Waals surface area (Å²) in [6.45, 7) is 0. The summed E-state index contributed by atoms with van der Waals surface area (Å²) >= 11 is 10.4. The van der Waals surface area contributed by atoms with Gasteiger partial charge in [-0.15, -0.1) is 0 Å². The van der Waals surface area contributed by atoms with E-state index in [4.69, 9.17) is 22.1 Å². The number of carbonyl (C=O) groups is 1. The van der Waals surface area contributed by atoms with Gasteiger partial charge < -0.3 is 10.5 Å². The molecule has 0 aromatic heterocycles. The van der Waals surface area contributed by atoms with Gasteiger partial charge in [-0.05, 0) is 30.4 Å². The summed E-state index contributed by atoms with van der Waals surface area (Å²) in [5.41, 5.74) is 5.54. The molecule has 0 aliphatic rings. The Morgan fingerprint density at radius 1 is 1.60 bits per heavy atom. The smallest absolute Gasteiger partial charge is 0.257 e. The fourth-order valence-corrected chi connectivity index (χ4v) is 1.34. The average molecular weight is 245 g/mol. The Morgan fingerprint density at radius 2 is 2.27 bits per heavy atom. The molecule has 1 aromatic rings. The van der Waals surface area contributed by atoms with E-state index in [1.807, 2.05) is 0 Å². The van der Waals surface area contributed by atoms with Gasteiger partial charge in [0, 0.05) is 5.56 Å². The summed E-state index contributed by atoms with van der Waals surface area (Å²) in [4.78, 5) is 11.4. The number of thiocarbonyl (C=S) groups is 1. The van der Waals surface area contributed by atoms with Crippen LogP contribution >= 0.6 is 23.8 Å². The number of methoxy groups -OCH3 is 1. The summed E-state index contributed by atoms with van der Waals surface area (Å²) in [5, 5.41) is 2.57. The first kappa shape index (κ1) is 11.7. The average Bonchev–Trinajstić information content (AvgIpc) is 2.16. The van der Waals surface area contributed by atoms with Gasteiger partial charge in [0.25, 0.3) is 5.91 Å². The van der Waals surface area contributed by atoms with Crippen molar-refractivity contribution < 1.29 is 9.53 Å². The highest BCUT2D eigenvalue weighted by molar-refractivity contribution is 7.80. The summed E-state index contributed by atoms with van der Waals surface area (Å²) in [5.74, 6) is 0.107. The van der Waals surface area contributed by atoms with Crippen LogP contribution < -0.4 is 15.8 Å². The summed E-state index contributed by atoms with van der Waals surface area (Å²) in [7, 11) is 1.50. The maximum absolute atomic E-state index is 11.4. The van der Waals surface area contributed by atoms with Gasteiger partial charge in [-0.1, -0.05) is 11.6 Å². The van der Waals surface area contributed by atoms with Crippen LogP contribution in [0.3, 0.4) is 0 Å². The Balaban J connectivity index is 2.92. The van der Waals surface area contributed by atoms with E-state index in [0.717, 1.165) is 0 Å². The lowest BCUT2D eigenvalue weighted by atomic mass is 10.2. The number of rotatable bonds is 2. The molecule has 0 unspecified atom stereocenters. The molecule has 0 heterocycles. The Kier molecular flexibility index (Phi) is 3.88. The summed E-state index contributed by atoms with van der Waals surface area (Å²) in [6, 6.07) is 4.64. The lowest BCUT2D eigenvalue weighted by Gasteiger charge is -2.05. The second kappa shape index (κ2) is 4.95. The minimum atomic E-state index is -0.396. The van der Waals surface area contributed by atoms with Crippen molar-refractivity contribution in [1.29, 1.82) is 0 Å². The Morgan fingerprint density at radius 3 is 2.73 bits per heavy atom. The Bertz CT molecular complexity index is 409. The molecule has 0 aliphatic heterocycles. The Labute approximate surface area is 97.4 Å². The highest BCUT2D eigenvalue weighted by atomic mass is 35.5. The SMILES string of the molecule is COc1ccc(C(=O)NC(N)=S)cc1Cl. The van der Waals surface area contributed by atoms with Gasteiger partial charge in [0.2, 0.25) is 0 Å². The molecule has 1 amide bonds. The molecular weight excluding hydrogens is 236 g/mol. The van der Waals surface area contributed by atoms with Crippen molar-refractivity contribution in [3.05, 3.63) is 28.8 Å². The van der Waals surface area contributed by atoms with E-state index in [1.165, 1.54) is 13.2 Å². The molecule has 4 nitrogen and oxygen atoms in total. The number of benzene rings is 1. The maximum Gasteiger partial charge on any atom is 0.257 e. The van der Waals surface area contributed by atoms with Crippen LogP contribution in [-0.2, 0) is 0 Å². The second-order valence-electron chi connectivity index (χ2n) is 2.67. The van der Waals surface area contributed by atoms with Crippen molar-refractivity contribution >= 4 is 34.8 Å². The van der Waals surface area contributed by atoms with Crippen molar-refractivity contribution in [1.82, 2.24) is 5.32 Å². The third-order valence-electron chi connectivity index (χ3n) is 1.65. The molecule has 0 saturated carbocycles. The molecule has 3 N–H and O–H groups in total. The number of nitrogens with one attached hydrogen (secondary N) is 1. The first-order valence-corrected chi connectivity index (χ1v) is 4.77. The van der Waals surface area contributed by atoms with Crippen LogP contribution in [-0.4, -0.2) is 18.1 Å². The molecule has 0 atom stereocenters. The van der Waals surface area contributed by atoms with Crippen molar-refractivity contribution in [3.8, 4) is 5.75 Å². The van der Waals surface area contributed by atoms with Crippen LogP contribution in [0.5, 0.6) is 5.75 Å². The van der Waals surface area contributed by atoms with E-state index < -0.39 is 5.91 Å². The van der Waals surface area contributed by atoms with Crippen molar-refractivity contribution in [3.63, 3.8) is 0 Å². The fraction of sp³-hybridized carbons (Fsp3) is 0.111. The number of ether oxygens (including phenoxy) is 1. The zero-order valence-electron chi connectivity index (χ0n) is 7.91. The molecule has 6 heteroatoms. The number of carbonyl (C=O) groups excluding carboxylic acids is 1. The molecule has 1 rings (SSSR count). The number of halogens is 1. The van der Waals surface area contributed by atoms with E-state index >= 15 is 0 Å². The molecule has 0 bridgehead atoms. The number of amides is 1. The molecular formula is C9H9ClN2O2S. The molecule has 0 fully saturated rings. The third-order valence-corrected chi connectivity index (χ3v) is 2.05. The highest BCUT2D eigenvalue weighted by Crippen LogP contribution is 2.24. The molecule has 0 aliphatic carbocycles. The van der Waals surface area contributed by atoms with Crippen LogP contribution in [0.1, 0.15) is 10.4 Å². The van der Waals surface area contributed by atoms with E-state index in [-0.39, 0.29) is 5.11 Å². The van der Waals surface area contributed by atoms with Crippen LogP contribution in [0.15, 0.2) is 18.2 Å². The van der Waals surface area contributed by atoms with Crippen LogP contribution in [0, 0.1) is 0 Å². The zero-order valence-corrected chi connectivity index (χ0v) is 9.48. The summed E-state index contributed by atoms with van der Waals surface area (Å²) < 4.78 is 4.95. The third kappa shape index (κ3) is 3.07. The molecule has 1 aromatic carbocycles. The highest BCUT2D eigenvalue weighted by Gasteiger charge is 2.09. The van der Waals surface area contributed by atoms with Gasteiger partial charge in [-0.3, -0.25) is 10.1 Å². The largest absolute Gasteiger partial charge is 0.495 e. The van der Waals surface area contributed by atoms with Gasteiger partial charge in [0.05, 0.1) is 12.1 Å². The van der Waals surface area contributed by atoms with E-state index in [9.17, 15) is 4.79 Å². The van der Waals surface area contributed by atoms with Crippen molar-refractivity contribution in [2.24, 2.45) is 5.73 Å². The van der Waals surface area contributed by atoms with Crippen molar-refractivity contribution in [2.75, 3.05) is 7.11 Å².